The minimum absolute atomic E-state index is 0.163. The van der Waals surface area contributed by atoms with Gasteiger partial charge in [0, 0.05) is 5.92 Å². The maximum atomic E-state index is 11.7. The van der Waals surface area contributed by atoms with E-state index in [4.69, 9.17) is 5.73 Å². The van der Waals surface area contributed by atoms with Crippen LogP contribution in [0.2, 0.25) is 0 Å². The molecule has 1 aliphatic rings. The average Bonchev–Trinajstić information content (AvgIpc) is 2.16. The summed E-state index contributed by atoms with van der Waals surface area (Å²) >= 11 is 0. The standard InChI is InChI=1S/C11H19NO/c1-8(2)11(13)10-6-4-3-5-9(10)7-12/h9-10H,1,3-7,12H2,2H3. The number of Topliss-reactive ketones (excluding diaryl/α,β-unsaturated/α-hetero) is 1. The van der Waals surface area contributed by atoms with Gasteiger partial charge in [0.05, 0.1) is 0 Å². The van der Waals surface area contributed by atoms with E-state index in [1.165, 1.54) is 12.8 Å². The van der Waals surface area contributed by atoms with Crippen molar-refractivity contribution < 1.29 is 4.79 Å². The quantitative estimate of drug-likeness (QED) is 0.676. The normalized spacial score (nSPS) is 28.5. The fourth-order valence-corrected chi connectivity index (χ4v) is 2.15. The van der Waals surface area contributed by atoms with Gasteiger partial charge in [0.1, 0.15) is 0 Å². The zero-order chi connectivity index (χ0) is 9.84. The van der Waals surface area contributed by atoms with E-state index in [-0.39, 0.29) is 11.7 Å². The fraction of sp³-hybridized carbons (Fsp3) is 0.727. The molecular weight excluding hydrogens is 162 g/mol. The third-order valence-electron chi connectivity index (χ3n) is 2.97. The fourth-order valence-electron chi connectivity index (χ4n) is 2.15. The smallest absolute Gasteiger partial charge is 0.161 e. The van der Waals surface area contributed by atoms with Gasteiger partial charge in [0.25, 0.3) is 0 Å². The van der Waals surface area contributed by atoms with Crippen LogP contribution >= 0.6 is 0 Å². The Labute approximate surface area is 80.2 Å². The van der Waals surface area contributed by atoms with Crippen LogP contribution in [-0.4, -0.2) is 12.3 Å². The van der Waals surface area contributed by atoms with Crippen LogP contribution in [0.4, 0.5) is 0 Å². The van der Waals surface area contributed by atoms with Gasteiger partial charge in [-0.25, -0.2) is 0 Å². The molecule has 0 spiro atoms. The highest BCUT2D eigenvalue weighted by atomic mass is 16.1. The molecule has 2 heteroatoms. The maximum absolute atomic E-state index is 11.7. The molecule has 0 aromatic heterocycles. The summed E-state index contributed by atoms with van der Waals surface area (Å²) in [5.74, 6) is 0.796. The summed E-state index contributed by atoms with van der Waals surface area (Å²) in [7, 11) is 0. The molecule has 0 heterocycles. The van der Waals surface area contributed by atoms with Crippen LogP contribution in [0.3, 0.4) is 0 Å². The van der Waals surface area contributed by atoms with Crippen molar-refractivity contribution in [1.29, 1.82) is 0 Å². The molecule has 1 rings (SSSR count). The Kier molecular flexibility index (Phi) is 3.67. The number of allylic oxidation sites excluding steroid dienone is 1. The molecule has 2 nitrogen and oxygen atoms in total. The molecule has 0 radical (unpaired) electrons. The third-order valence-corrected chi connectivity index (χ3v) is 2.97. The van der Waals surface area contributed by atoms with E-state index in [1.807, 2.05) is 0 Å². The molecule has 2 unspecified atom stereocenters. The zero-order valence-corrected chi connectivity index (χ0v) is 8.38. The van der Waals surface area contributed by atoms with Crippen molar-refractivity contribution in [2.24, 2.45) is 17.6 Å². The molecule has 1 saturated carbocycles. The molecule has 0 saturated heterocycles. The number of hydrogen-bond acceptors (Lipinski definition) is 2. The monoisotopic (exact) mass is 181 g/mol. The zero-order valence-electron chi connectivity index (χ0n) is 8.38. The molecular formula is C11H19NO. The van der Waals surface area contributed by atoms with Crippen molar-refractivity contribution in [3.05, 3.63) is 12.2 Å². The van der Waals surface area contributed by atoms with E-state index < -0.39 is 0 Å². The molecule has 13 heavy (non-hydrogen) atoms. The molecule has 0 aliphatic heterocycles. The van der Waals surface area contributed by atoms with Gasteiger partial charge in [-0.1, -0.05) is 19.4 Å². The average molecular weight is 181 g/mol. The summed E-state index contributed by atoms with van der Waals surface area (Å²) in [6.07, 6.45) is 4.51. The topological polar surface area (TPSA) is 43.1 Å². The van der Waals surface area contributed by atoms with Gasteiger partial charge in [-0.15, -0.1) is 0 Å². The lowest BCUT2D eigenvalue weighted by molar-refractivity contribution is -0.121. The largest absolute Gasteiger partial charge is 0.330 e. The highest BCUT2D eigenvalue weighted by Gasteiger charge is 2.29. The third kappa shape index (κ3) is 2.41. The van der Waals surface area contributed by atoms with E-state index in [2.05, 4.69) is 6.58 Å². The molecule has 0 bridgehead atoms. The van der Waals surface area contributed by atoms with Crippen LogP contribution in [-0.2, 0) is 4.79 Å². The lowest BCUT2D eigenvalue weighted by atomic mass is 9.76. The van der Waals surface area contributed by atoms with Crippen molar-refractivity contribution in [1.82, 2.24) is 0 Å². The molecule has 1 fully saturated rings. The number of carbonyl (C=O) groups is 1. The Morgan fingerprint density at radius 1 is 1.46 bits per heavy atom. The van der Waals surface area contributed by atoms with E-state index in [0.717, 1.165) is 12.8 Å². The SMILES string of the molecule is C=C(C)C(=O)C1CCCCC1CN. The first-order chi connectivity index (χ1) is 6.16. The minimum atomic E-state index is 0.163. The van der Waals surface area contributed by atoms with Crippen LogP contribution in [0.1, 0.15) is 32.6 Å². The molecule has 0 aromatic carbocycles. The van der Waals surface area contributed by atoms with E-state index in [1.54, 1.807) is 6.92 Å². The maximum Gasteiger partial charge on any atom is 0.161 e. The van der Waals surface area contributed by atoms with Crippen LogP contribution in [0.25, 0.3) is 0 Å². The summed E-state index contributed by atoms with van der Waals surface area (Å²) in [5.41, 5.74) is 6.34. The van der Waals surface area contributed by atoms with Crippen molar-refractivity contribution >= 4 is 5.78 Å². The van der Waals surface area contributed by atoms with Crippen molar-refractivity contribution in [3.8, 4) is 0 Å². The van der Waals surface area contributed by atoms with Crippen LogP contribution in [0.5, 0.6) is 0 Å². The number of carbonyl (C=O) groups excluding carboxylic acids is 1. The molecule has 2 atom stereocenters. The Bertz CT molecular complexity index is 210. The van der Waals surface area contributed by atoms with Gasteiger partial charge in [-0.2, -0.15) is 0 Å². The van der Waals surface area contributed by atoms with Crippen molar-refractivity contribution in [2.75, 3.05) is 6.54 Å². The summed E-state index contributed by atoms with van der Waals surface area (Å²) < 4.78 is 0. The summed E-state index contributed by atoms with van der Waals surface area (Å²) in [4.78, 5) is 11.7. The predicted octanol–water partition coefficient (Wildman–Crippen LogP) is 1.90. The van der Waals surface area contributed by atoms with Gasteiger partial charge in [-0.3, -0.25) is 4.79 Å². The Balaban J connectivity index is 2.64. The predicted molar refractivity (Wildman–Crippen MR) is 54.3 cm³/mol. The van der Waals surface area contributed by atoms with Gasteiger partial charge in [0.15, 0.2) is 5.78 Å². The first-order valence-corrected chi connectivity index (χ1v) is 5.06. The van der Waals surface area contributed by atoms with Gasteiger partial charge >= 0.3 is 0 Å². The summed E-state index contributed by atoms with van der Waals surface area (Å²) in [6, 6.07) is 0. The van der Waals surface area contributed by atoms with Crippen molar-refractivity contribution in [2.45, 2.75) is 32.6 Å². The molecule has 0 aromatic rings. The second-order valence-corrected chi connectivity index (χ2v) is 4.03. The number of nitrogens with two attached hydrogens (primary N) is 1. The highest BCUT2D eigenvalue weighted by molar-refractivity contribution is 5.96. The second-order valence-electron chi connectivity index (χ2n) is 4.03. The van der Waals surface area contributed by atoms with E-state index in [0.29, 0.717) is 18.0 Å². The summed E-state index contributed by atoms with van der Waals surface area (Å²) in [5, 5.41) is 0. The van der Waals surface area contributed by atoms with Crippen LogP contribution in [0, 0.1) is 11.8 Å². The number of hydrogen-bond donors (Lipinski definition) is 1. The van der Waals surface area contributed by atoms with Crippen LogP contribution in [0.15, 0.2) is 12.2 Å². The first kappa shape index (κ1) is 10.5. The first-order valence-electron chi connectivity index (χ1n) is 5.06. The van der Waals surface area contributed by atoms with E-state index in [9.17, 15) is 4.79 Å². The van der Waals surface area contributed by atoms with Gasteiger partial charge in [-0.05, 0) is 37.8 Å². The van der Waals surface area contributed by atoms with Gasteiger partial charge < -0.3 is 5.73 Å². The van der Waals surface area contributed by atoms with Crippen molar-refractivity contribution in [3.63, 3.8) is 0 Å². The lowest BCUT2D eigenvalue weighted by Crippen LogP contribution is -2.32. The summed E-state index contributed by atoms with van der Waals surface area (Å²) in [6.45, 7) is 6.15. The Hall–Kier alpha value is -0.630. The minimum Gasteiger partial charge on any atom is -0.330 e. The Morgan fingerprint density at radius 2 is 2.08 bits per heavy atom. The highest BCUT2D eigenvalue weighted by Crippen LogP contribution is 2.31. The number of rotatable bonds is 3. The number of ketones is 1. The van der Waals surface area contributed by atoms with E-state index >= 15 is 0 Å². The van der Waals surface area contributed by atoms with Crippen LogP contribution < -0.4 is 5.73 Å². The molecule has 2 N–H and O–H groups in total. The Morgan fingerprint density at radius 3 is 2.62 bits per heavy atom. The molecule has 1 aliphatic carbocycles. The van der Waals surface area contributed by atoms with Gasteiger partial charge in [0.2, 0.25) is 0 Å². The molecule has 0 amide bonds. The second kappa shape index (κ2) is 4.56. The molecule has 74 valence electrons. The lowest BCUT2D eigenvalue weighted by Gasteiger charge is -2.29.